The molecule has 0 saturated carbocycles. The number of para-hydroxylation sites is 2. The molecule has 3 heteroatoms. The number of fused-ring (bicyclic) bond motifs is 6. The molecule has 69 heavy (non-hydrogen) atoms. The summed E-state index contributed by atoms with van der Waals surface area (Å²) in [4.78, 5) is 2.39. The predicted molar refractivity (Wildman–Crippen MR) is 296 cm³/mol. The topological polar surface area (TPSA) is 8.17 Å². The van der Waals surface area contributed by atoms with Gasteiger partial charge in [0.05, 0.1) is 11.0 Å². The van der Waals surface area contributed by atoms with Gasteiger partial charge in [0, 0.05) is 53.7 Å². The molecule has 0 unspecified atom stereocenters. The Balaban J connectivity index is 0.951. The minimum Gasteiger partial charge on any atom is -0.310 e. The van der Waals surface area contributed by atoms with Crippen molar-refractivity contribution in [3.8, 4) is 61.3 Å². The molecule has 0 radical (unpaired) electrons. The van der Waals surface area contributed by atoms with E-state index in [0.29, 0.717) is 0 Å². The van der Waals surface area contributed by atoms with Gasteiger partial charge in [-0.1, -0.05) is 188 Å². The van der Waals surface area contributed by atoms with Crippen molar-refractivity contribution in [2.75, 3.05) is 4.90 Å². The third kappa shape index (κ3) is 7.37. The summed E-state index contributed by atoms with van der Waals surface area (Å²) in [5.74, 6) is 0. The van der Waals surface area contributed by atoms with Crippen molar-refractivity contribution >= 4 is 70.4 Å². The van der Waals surface area contributed by atoms with Crippen LogP contribution in [0, 0.1) is 0 Å². The molecule has 0 amide bonds. The number of rotatable bonds is 9. The molecular weight excluding hydrogens is 853 g/mol. The summed E-state index contributed by atoms with van der Waals surface area (Å²) in [6.45, 7) is 0. The maximum absolute atomic E-state index is 2.41. The molecule has 2 aromatic heterocycles. The fourth-order valence-corrected chi connectivity index (χ4v) is 11.3. The van der Waals surface area contributed by atoms with Crippen LogP contribution in [0.1, 0.15) is 0 Å². The van der Waals surface area contributed by atoms with Crippen molar-refractivity contribution < 1.29 is 0 Å². The summed E-state index contributed by atoms with van der Waals surface area (Å²) in [6, 6.07) is 97.5. The third-order valence-electron chi connectivity index (χ3n) is 13.6. The van der Waals surface area contributed by atoms with E-state index in [4.69, 9.17) is 0 Å². The van der Waals surface area contributed by atoms with Gasteiger partial charge in [-0.2, -0.15) is 0 Å². The number of hydrogen-bond donors (Lipinski definition) is 0. The van der Waals surface area contributed by atoms with E-state index in [0.717, 1.165) is 28.3 Å². The van der Waals surface area contributed by atoms with E-state index >= 15 is 0 Å². The molecule has 0 saturated heterocycles. The normalized spacial score (nSPS) is 11.5. The van der Waals surface area contributed by atoms with Gasteiger partial charge < -0.3 is 9.47 Å². The lowest BCUT2D eigenvalue weighted by atomic mass is 9.90. The molecule has 0 bridgehead atoms. The van der Waals surface area contributed by atoms with Crippen molar-refractivity contribution in [3.05, 3.63) is 267 Å². The minimum absolute atomic E-state index is 1.09. The zero-order valence-electron chi connectivity index (χ0n) is 37.7. The van der Waals surface area contributed by atoms with Crippen LogP contribution < -0.4 is 4.90 Å². The lowest BCUT2D eigenvalue weighted by Crippen LogP contribution is -2.09. The molecule has 324 valence electrons. The van der Waals surface area contributed by atoms with Crippen LogP contribution in [-0.2, 0) is 0 Å². The maximum Gasteiger partial charge on any atom is 0.0547 e. The van der Waals surface area contributed by atoms with Gasteiger partial charge in [0.2, 0.25) is 0 Å². The number of anilines is 3. The Morgan fingerprint density at radius 1 is 0.261 bits per heavy atom. The van der Waals surface area contributed by atoms with Crippen LogP contribution in [-0.4, -0.2) is 4.57 Å². The van der Waals surface area contributed by atoms with Crippen LogP contribution >= 0.6 is 11.3 Å². The summed E-state index contributed by atoms with van der Waals surface area (Å²) < 4.78 is 5.01. The summed E-state index contributed by atoms with van der Waals surface area (Å²) >= 11 is 1.85. The fourth-order valence-electron chi connectivity index (χ4n) is 10.2. The first-order valence-corrected chi connectivity index (χ1v) is 24.4. The van der Waals surface area contributed by atoms with Crippen molar-refractivity contribution in [3.63, 3.8) is 0 Å². The fraction of sp³-hybridized carbons (Fsp3) is 0. The quantitative estimate of drug-likeness (QED) is 0.140. The van der Waals surface area contributed by atoms with Crippen molar-refractivity contribution in [1.29, 1.82) is 0 Å². The van der Waals surface area contributed by atoms with E-state index in [1.807, 2.05) is 11.3 Å². The third-order valence-corrected chi connectivity index (χ3v) is 14.8. The van der Waals surface area contributed by atoms with Gasteiger partial charge in [-0.05, 0) is 134 Å². The molecule has 13 aromatic rings. The van der Waals surface area contributed by atoms with Gasteiger partial charge in [-0.3, -0.25) is 0 Å². The first-order valence-electron chi connectivity index (χ1n) is 23.6. The SMILES string of the molecule is c1ccc(-c2ccc(-c3ccc(-c4ccc(N(c5ccc(-c6ccccc6)cc5)c5ccc6sc7ccccc7c6c5)cc4)c(-c4ccc5c6ccccc6n(-c6ccccc6)c5c4)c3)cc2)cc1. The highest BCUT2D eigenvalue weighted by molar-refractivity contribution is 7.25. The Bertz CT molecular complexity index is 3960. The lowest BCUT2D eigenvalue weighted by molar-refractivity contribution is 1.18. The average molecular weight is 897 g/mol. The van der Waals surface area contributed by atoms with Gasteiger partial charge in [-0.15, -0.1) is 11.3 Å². The van der Waals surface area contributed by atoms with Crippen molar-refractivity contribution in [1.82, 2.24) is 4.57 Å². The van der Waals surface area contributed by atoms with Gasteiger partial charge in [0.1, 0.15) is 0 Å². The Hall–Kier alpha value is -8.76. The molecule has 2 nitrogen and oxygen atoms in total. The van der Waals surface area contributed by atoms with Crippen LogP contribution in [0.4, 0.5) is 17.1 Å². The second-order valence-electron chi connectivity index (χ2n) is 17.7. The number of nitrogens with zero attached hydrogens (tertiary/aromatic N) is 2. The van der Waals surface area contributed by atoms with E-state index in [9.17, 15) is 0 Å². The number of benzene rings is 11. The molecule has 11 aromatic carbocycles. The first-order chi connectivity index (χ1) is 34.2. The van der Waals surface area contributed by atoms with Crippen LogP contribution in [0.25, 0.3) is 103 Å². The second-order valence-corrected chi connectivity index (χ2v) is 18.8. The van der Waals surface area contributed by atoms with Crippen LogP contribution in [0.3, 0.4) is 0 Å². The molecule has 0 aliphatic carbocycles. The molecular formula is C66H44N2S. The van der Waals surface area contributed by atoms with Crippen LogP contribution in [0.2, 0.25) is 0 Å². The van der Waals surface area contributed by atoms with Crippen LogP contribution in [0.15, 0.2) is 267 Å². The highest BCUT2D eigenvalue weighted by Crippen LogP contribution is 2.44. The smallest absolute Gasteiger partial charge is 0.0547 e. The zero-order chi connectivity index (χ0) is 45.7. The van der Waals surface area contributed by atoms with Crippen LogP contribution in [0.5, 0.6) is 0 Å². The molecule has 13 rings (SSSR count). The van der Waals surface area contributed by atoms with E-state index < -0.39 is 0 Å². The molecule has 2 heterocycles. The highest BCUT2D eigenvalue weighted by Gasteiger charge is 2.19. The predicted octanol–water partition coefficient (Wildman–Crippen LogP) is 19.0. The van der Waals surface area contributed by atoms with Crippen molar-refractivity contribution in [2.45, 2.75) is 0 Å². The molecule has 0 N–H and O–H groups in total. The molecule has 0 fully saturated rings. The Kier molecular flexibility index (Phi) is 10.1. The van der Waals surface area contributed by atoms with Crippen molar-refractivity contribution in [2.24, 2.45) is 0 Å². The Morgan fingerprint density at radius 2 is 0.739 bits per heavy atom. The number of hydrogen-bond acceptors (Lipinski definition) is 2. The molecule has 0 aliphatic rings. The standard InChI is InChI=1S/C66H44N2S/c1-4-14-45(15-5-1)47-24-26-49(27-25-47)51-32-39-57(61(42-51)52-33-40-59-58-20-10-12-22-63(58)68(64(59)43-52)53-18-8-3-9-19-53)50-30-36-55(37-31-50)67(54-34-28-48(29-35-54)46-16-6-2-7-17-46)56-38-41-66-62(44-56)60-21-11-13-23-65(60)69-66/h1-44H. The summed E-state index contributed by atoms with van der Waals surface area (Å²) in [6.07, 6.45) is 0. The van der Waals surface area contributed by atoms with E-state index in [1.165, 1.54) is 92.0 Å². The van der Waals surface area contributed by atoms with Gasteiger partial charge in [0.25, 0.3) is 0 Å². The van der Waals surface area contributed by atoms with Gasteiger partial charge in [-0.25, -0.2) is 0 Å². The average Bonchev–Trinajstić information content (AvgIpc) is 3.97. The minimum atomic E-state index is 1.09. The summed E-state index contributed by atoms with van der Waals surface area (Å²) in [7, 11) is 0. The second kappa shape index (κ2) is 17.2. The molecule has 0 atom stereocenters. The lowest BCUT2D eigenvalue weighted by Gasteiger charge is -2.26. The number of thiophene rings is 1. The Morgan fingerprint density at radius 3 is 1.42 bits per heavy atom. The summed E-state index contributed by atoms with van der Waals surface area (Å²) in [5.41, 5.74) is 18.7. The Labute approximate surface area is 405 Å². The monoisotopic (exact) mass is 896 g/mol. The van der Waals surface area contributed by atoms with E-state index in [-0.39, 0.29) is 0 Å². The largest absolute Gasteiger partial charge is 0.310 e. The highest BCUT2D eigenvalue weighted by atomic mass is 32.1. The van der Waals surface area contributed by atoms with E-state index in [1.54, 1.807) is 0 Å². The maximum atomic E-state index is 2.41. The van der Waals surface area contributed by atoms with E-state index in [2.05, 4.69) is 276 Å². The molecule has 0 aliphatic heterocycles. The molecule has 0 spiro atoms. The first kappa shape index (κ1) is 40.5. The zero-order valence-corrected chi connectivity index (χ0v) is 38.5. The van der Waals surface area contributed by atoms with Gasteiger partial charge >= 0.3 is 0 Å². The van der Waals surface area contributed by atoms with Gasteiger partial charge in [0.15, 0.2) is 0 Å². The number of aromatic nitrogens is 1. The summed E-state index contributed by atoms with van der Waals surface area (Å²) in [5, 5.41) is 5.05.